The van der Waals surface area contributed by atoms with Gasteiger partial charge >= 0.3 is 0 Å². The highest BCUT2D eigenvalue weighted by Gasteiger charge is 2.28. The fraction of sp³-hybridized carbons (Fsp3) is 0.421. The minimum Gasteiger partial charge on any atom is -0.484 e. The fourth-order valence-corrected chi connectivity index (χ4v) is 7.17. The first kappa shape index (κ1) is 17.3. The molecular weight excluding hydrogens is 370 g/mol. The number of amides is 1. The van der Waals surface area contributed by atoms with Gasteiger partial charge in [0.05, 0.1) is 10.6 Å². The molecule has 0 spiro atoms. The summed E-state index contributed by atoms with van der Waals surface area (Å²) in [7, 11) is 0. The number of hydrogen-bond acceptors (Lipinski definition) is 5. The summed E-state index contributed by atoms with van der Waals surface area (Å²) in [6, 6.07) is 10.5. The molecule has 2 aliphatic heterocycles. The zero-order valence-corrected chi connectivity index (χ0v) is 16.6. The molecule has 1 aromatic heterocycles. The highest BCUT2D eigenvalue weighted by Crippen LogP contribution is 2.45. The summed E-state index contributed by atoms with van der Waals surface area (Å²) in [4.78, 5) is 15.9. The Bertz CT molecular complexity index is 737. The van der Waals surface area contributed by atoms with Crippen LogP contribution >= 0.6 is 34.9 Å². The summed E-state index contributed by atoms with van der Waals surface area (Å²) < 4.78 is 6.30. The van der Waals surface area contributed by atoms with Crippen LogP contribution in [0.15, 0.2) is 35.7 Å². The number of hydrogen-bond donors (Lipinski definition) is 0. The molecule has 1 amide bonds. The molecule has 0 saturated carbocycles. The molecule has 2 aromatic rings. The van der Waals surface area contributed by atoms with Crippen molar-refractivity contribution in [2.75, 3.05) is 24.7 Å². The Morgan fingerprint density at radius 3 is 2.72 bits per heavy atom. The zero-order chi connectivity index (χ0) is 17.2. The zero-order valence-electron chi connectivity index (χ0n) is 14.1. The lowest BCUT2D eigenvalue weighted by atomic mass is 10.0. The number of carbonyl (C=O) groups excluding carboxylic acids is 1. The number of rotatable bonds is 4. The molecule has 0 N–H and O–H groups in total. The summed E-state index contributed by atoms with van der Waals surface area (Å²) in [6.07, 6.45) is 0.953. The van der Waals surface area contributed by atoms with Crippen molar-refractivity contribution in [3.63, 3.8) is 0 Å². The Morgan fingerprint density at radius 1 is 1.20 bits per heavy atom. The molecule has 4 rings (SSSR count). The Morgan fingerprint density at radius 2 is 1.96 bits per heavy atom. The first-order chi connectivity index (χ1) is 12.2. The maximum atomic E-state index is 12.6. The molecule has 0 aliphatic carbocycles. The Balaban J connectivity index is 1.34. The van der Waals surface area contributed by atoms with Crippen LogP contribution in [-0.4, -0.2) is 35.5 Å². The monoisotopic (exact) mass is 391 g/mol. The first-order valence-electron chi connectivity index (χ1n) is 8.54. The average Bonchev–Trinajstić information content (AvgIpc) is 3.32. The summed E-state index contributed by atoms with van der Waals surface area (Å²) in [5.41, 5.74) is 2.63. The van der Waals surface area contributed by atoms with Crippen molar-refractivity contribution in [2.24, 2.45) is 0 Å². The third-order valence-corrected chi connectivity index (χ3v) is 8.83. The van der Waals surface area contributed by atoms with E-state index in [4.69, 9.17) is 4.74 Å². The molecule has 25 heavy (non-hydrogen) atoms. The predicted octanol–water partition coefficient (Wildman–Crippen LogP) is 4.75. The number of carbonyl (C=O) groups is 1. The quantitative estimate of drug-likeness (QED) is 0.752. The number of fused-ring (bicyclic) bond motifs is 1. The minimum atomic E-state index is 0.0651. The molecule has 0 bridgehead atoms. The van der Waals surface area contributed by atoms with E-state index in [1.54, 1.807) is 11.3 Å². The molecule has 1 fully saturated rings. The molecule has 1 atom stereocenters. The van der Waals surface area contributed by atoms with E-state index in [0.717, 1.165) is 18.7 Å². The standard InChI is InChI=1S/C19H21NO2S3/c1-13-16-7-9-23-17(16)6-8-20(13)18(21)12-22-15-4-2-14(3-5-15)19-24-10-11-25-19/h2-5,7,9,13,19H,6,8,10-12H2,1H3/t13-/m0/s1. The van der Waals surface area contributed by atoms with Crippen LogP contribution < -0.4 is 4.74 Å². The van der Waals surface area contributed by atoms with Crippen molar-refractivity contribution >= 4 is 40.8 Å². The van der Waals surface area contributed by atoms with Crippen LogP contribution in [0.3, 0.4) is 0 Å². The summed E-state index contributed by atoms with van der Waals surface area (Å²) in [5.74, 6) is 3.28. The van der Waals surface area contributed by atoms with E-state index in [0.29, 0.717) is 4.58 Å². The number of benzene rings is 1. The molecule has 3 heterocycles. The van der Waals surface area contributed by atoms with Crippen LogP contribution in [-0.2, 0) is 11.2 Å². The third kappa shape index (κ3) is 3.71. The van der Waals surface area contributed by atoms with Crippen LogP contribution in [0.4, 0.5) is 0 Å². The highest BCUT2D eigenvalue weighted by atomic mass is 32.2. The second-order valence-corrected chi connectivity index (χ2v) is 9.97. The fourth-order valence-electron chi connectivity index (χ4n) is 3.35. The van der Waals surface area contributed by atoms with E-state index in [1.807, 2.05) is 40.6 Å². The van der Waals surface area contributed by atoms with Gasteiger partial charge < -0.3 is 9.64 Å². The number of nitrogens with zero attached hydrogens (tertiary/aromatic N) is 1. The average molecular weight is 392 g/mol. The summed E-state index contributed by atoms with van der Waals surface area (Å²) >= 11 is 5.78. The van der Waals surface area contributed by atoms with Crippen molar-refractivity contribution in [1.82, 2.24) is 4.90 Å². The minimum absolute atomic E-state index is 0.0651. The van der Waals surface area contributed by atoms with Gasteiger partial charge in [-0.3, -0.25) is 4.79 Å². The molecule has 132 valence electrons. The van der Waals surface area contributed by atoms with Crippen LogP contribution in [0.25, 0.3) is 0 Å². The maximum Gasteiger partial charge on any atom is 0.261 e. The SMILES string of the molecule is C[C@H]1c2ccsc2CCN1C(=O)COc1ccc(C2SCCS2)cc1. The lowest BCUT2D eigenvalue weighted by Gasteiger charge is -2.33. The van der Waals surface area contributed by atoms with Crippen molar-refractivity contribution in [3.8, 4) is 5.75 Å². The van der Waals surface area contributed by atoms with Gasteiger partial charge in [0, 0.05) is 22.9 Å². The van der Waals surface area contributed by atoms with E-state index in [-0.39, 0.29) is 18.6 Å². The van der Waals surface area contributed by atoms with Gasteiger partial charge in [0.15, 0.2) is 6.61 Å². The van der Waals surface area contributed by atoms with Crippen molar-refractivity contribution in [1.29, 1.82) is 0 Å². The summed E-state index contributed by atoms with van der Waals surface area (Å²) in [5, 5.41) is 2.12. The van der Waals surface area contributed by atoms with Crippen molar-refractivity contribution < 1.29 is 9.53 Å². The molecule has 0 unspecified atom stereocenters. The normalized spacial score (nSPS) is 20.5. The molecule has 0 radical (unpaired) electrons. The van der Waals surface area contributed by atoms with Gasteiger partial charge in [0.1, 0.15) is 5.75 Å². The van der Waals surface area contributed by atoms with Gasteiger partial charge in [-0.1, -0.05) is 12.1 Å². The second kappa shape index (κ2) is 7.64. The van der Waals surface area contributed by atoms with E-state index in [9.17, 15) is 4.79 Å². The number of thioether (sulfide) groups is 2. The van der Waals surface area contributed by atoms with Crippen molar-refractivity contribution in [3.05, 3.63) is 51.7 Å². The Labute approximate surface area is 161 Å². The largest absolute Gasteiger partial charge is 0.484 e. The van der Waals surface area contributed by atoms with Gasteiger partial charge in [0.25, 0.3) is 5.91 Å². The number of thiophene rings is 1. The highest BCUT2D eigenvalue weighted by molar-refractivity contribution is 8.19. The van der Waals surface area contributed by atoms with E-state index < -0.39 is 0 Å². The molecule has 1 aromatic carbocycles. The Hall–Kier alpha value is -1.11. The topological polar surface area (TPSA) is 29.5 Å². The van der Waals surface area contributed by atoms with Crippen LogP contribution in [0.5, 0.6) is 5.75 Å². The molecule has 6 heteroatoms. The van der Waals surface area contributed by atoms with Crippen molar-refractivity contribution in [2.45, 2.75) is 24.0 Å². The van der Waals surface area contributed by atoms with Gasteiger partial charge in [0.2, 0.25) is 0 Å². The van der Waals surface area contributed by atoms with Gasteiger partial charge in [-0.2, -0.15) is 0 Å². The smallest absolute Gasteiger partial charge is 0.261 e. The van der Waals surface area contributed by atoms with Gasteiger partial charge in [-0.25, -0.2) is 0 Å². The molecule has 1 saturated heterocycles. The van der Waals surface area contributed by atoms with E-state index in [2.05, 4.69) is 30.5 Å². The van der Waals surface area contributed by atoms with Crippen LogP contribution in [0.1, 0.15) is 33.6 Å². The van der Waals surface area contributed by atoms with Gasteiger partial charge in [-0.05, 0) is 48.1 Å². The molecule has 3 nitrogen and oxygen atoms in total. The molecular formula is C19H21NO2S3. The first-order valence-corrected chi connectivity index (χ1v) is 11.5. The van der Waals surface area contributed by atoms with Crippen LogP contribution in [0, 0.1) is 0 Å². The van der Waals surface area contributed by atoms with E-state index >= 15 is 0 Å². The van der Waals surface area contributed by atoms with Gasteiger partial charge in [-0.15, -0.1) is 34.9 Å². The summed E-state index contributed by atoms with van der Waals surface area (Å²) in [6.45, 7) is 3.00. The predicted molar refractivity (Wildman–Crippen MR) is 108 cm³/mol. The molecule has 2 aliphatic rings. The lowest BCUT2D eigenvalue weighted by molar-refractivity contribution is -0.135. The Kier molecular flexibility index (Phi) is 5.29. The number of ether oxygens (including phenoxy) is 1. The second-order valence-electron chi connectivity index (χ2n) is 6.24. The third-order valence-electron chi connectivity index (χ3n) is 4.73. The van der Waals surface area contributed by atoms with Crippen LogP contribution in [0.2, 0.25) is 0 Å². The van der Waals surface area contributed by atoms with E-state index in [1.165, 1.54) is 27.5 Å². The lowest BCUT2D eigenvalue weighted by Crippen LogP contribution is -2.40. The maximum absolute atomic E-state index is 12.6.